The monoisotopic (exact) mass is 329 g/mol. The fourth-order valence-electron chi connectivity index (χ4n) is 2.00. The standard InChI is InChI=1S/C17H19N3O4/c1-3-18-17(23)19-15(21)12(2)24-16(22)13-7-6-8-14(11-13)20-9-4-5-10-20/h4-12H,3H2,1-2H3,(H2,18,19,21,23). The highest BCUT2D eigenvalue weighted by Gasteiger charge is 2.20. The second-order valence-corrected chi connectivity index (χ2v) is 5.04. The first kappa shape index (κ1) is 17.3. The zero-order valence-electron chi connectivity index (χ0n) is 13.5. The van der Waals surface area contributed by atoms with Crippen LogP contribution in [-0.2, 0) is 9.53 Å². The maximum absolute atomic E-state index is 12.2. The molecule has 0 fully saturated rings. The van der Waals surface area contributed by atoms with Gasteiger partial charge in [0.05, 0.1) is 5.56 Å². The van der Waals surface area contributed by atoms with Crippen LogP contribution in [0.4, 0.5) is 4.79 Å². The molecular weight excluding hydrogens is 310 g/mol. The number of nitrogens with one attached hydrogen (secondary N) is 2. The average molecular weight is 329 g/mol. The average Bonchev–Trinajstić information content (AvgIpc) is 3.09. The number of amides is 3. The van der Waals surface area contributed by atoms with Gasteiger partial charge in [0.2, 0.25) is 0 Å². The van der Waals surface area contributed by atoms with Crippen molar-refractivity contribution in [3.05, 3.63) is 54.4 Å². The van der Waals surface area contributed by atoms with Crippen LogP contribution >= 0.6 is 0 Å². The second kappa shape index (κ2) is 7.96. The number of urea groups is 1. The number of hydrogen-bond acceptors (Lipinski definition) is 4. The van der Waals surface area contributed by atoms with E-state index in [9.17, 15) is 14.4 Å². The molecule has 7 heteroatoms. The number of hydrogen-bond donors (Lipinski definition) is 2. The minimum Gasteiger partial charge on any atom is -0.449 e. The molecule has 0 aliphatic carbocycles. The van der Waals surface area contributed by atoms with Gasteiger partial charge in [-0.25, -0.2) is 9.59 Å². The van der Waals surface area contributed by atoms with Gasteiger partial charge in [0.15, 0.2) is 6.10 Å². The number of carbonyl (C=O) groups excluding carboxylic acids is 3. The Morgan fingerprint density at radius 3 is 2.54 bits per heavy atom. The minimum atomic E-state index is -1.09. The van der Waals surface area contributed by atoms with E-state index in [0.717, 1.165) is 5.69 Å². The molecule has 3 amide bonds. The highest BCUT2D eigenvalue weighted by atomic mass is 16.5. The molecule has 7 nitrogen and oxygen atoms in total. The van der Waals surface area contributed by atoms with Gasteiger partial charge >= 0.3 is 12.0 Å². The van der Waals surface area contributed by atoms with E-state index in [4.69, 9.17) is 4.74 Å². The number of esters is 1. The Morgan fingerprint density at radius 1 is 1.17 bits per heavy atom. The van der Waals surface area contributed by atoms with Crippen LogP contribution in [0.2, 0.25) is 0 Å². The van der Waals surface area contributed by atoms with Gasteiger partial charge in [-0.3, -0.25) is 10.1 Å². The van der Waals surface area contributed by atoms with Crippen molar-refractivity contribution in [3.63, 3.8) is 0 Å². The molecule has 0 saturated heterocycles. The highest BCUT2D eigenvalue weighted by Crippen LogP contribution is 2.12. The van der Waals surface area contributed by atoms with E-state index in [1.165, 1.54) is 6.92 Å². The van der Waals surface area contributed by atoms with Crippen molar-refractivity contribution in [3.8, 4) is 5.69 Å². The van der Waals surface area contributed by atoms with Crippen LogP contribution in [0.25, 0.3) is 5.69 Å². The number of imide groups is 1. The van der Waals surface area contributed by atoms with Crippen molar-refractivity contribution in [2.75, 3.05) is 6.54 Å². The Kier molecular flexibility index (Phi) is 5.73. The molecule has 0 saturated carbocycles. The van der Waals surface area contributed by atoms with Crippen LogP contribution in [-0.4, -0.2) is 35.1 Å². The van der Waals surface area contributed by atoms with Crippen LogP contribution in [0, 0.1) is 0 Å². The summed E-state index contributed by atoms with van der Waals surface area (Å²) in [5.41, 5.74) is 1.12. The van der Waals surface area contributed by atoms with E-state index >= 15 is 0 Å². The van der Waals surface area contributed by atoms with Gasteiger partial charge in [-0.2, -0.15) is 0 Å². The minimum absolute atomic E-state index is 0.318. The summed E-state index contributed by atoms with van der Waals surface area (Å²) in [5.74, 6) is -1.32. The maximum Gasteiger partial charge on any atom is 0.338 e. The molecule has 0 radical (unpaired) electrons. The third kappa shape index (κ3) is 4.45. The lowest BCUT2D eigenvalue weighted by atomic mass is 10.2. The van der Waals surface area contributed by atoms with Crippen molar-refractivity contribution in [2.24, 2.45) is 0 Å². The Bertz CT molecular complexity index is 725. The predicted octanol–water partition coefficient (Wildman–Crippen LogP) is 1.87. The van der Waals surface area contributed by atoms with Crippen LogP contribution < -0.4 is 10.6 Å². The molecule has 1 atom stereocenters. The quantitative estimate of drug-likeness (QED) is 0.820. The summed E-state index contributed by atoms with van der Waals surface area (Å²) in [6.45, 7) is 3.52. The van der Waals surface area contributed by atoms with Crippen LogP contribution in [0.3, 0.4) is 0 Å². The number of ether oxygens (including phenoxy) is 1. The maximum atomic E-state index is 12.2. The van der Waals surface area contributed by atoms with E-state index < -0.39 is 24.0 Å². The van der Waals surface area contributed by atoms with E-state index in [0.29, 0.717) is 12.1 Å². The second-order valence-electron chi connectivity index (χ2n) is 5.04. The van der Waals surface area contributed by atoms with Gasteiger partial charge in [0.1, 0.15) is 0 Å². The van der Waals surface area contributed by atoms with Gasteiger partial charge in [-0.05, 0) is 44.2 Å². The SMILES string of the molecule is CCNC(=O)NC(=O)C(C)OC(=O)c1cccc(-n2cccc2)c1. The molecule has 1 heterocycles. The van der Waals surface area contributed by atoms with Gasteiger partial charge in [-0.1, -0.05) is 6.07 Å². The molecule has 2 aromatic rings. The van der Waals surface area contributed by atoms with Gasteiger partial charge < -0.3 is 14.6 Å². The van der Waals surface area contributed by atoms with E-state index in [1.807, 2.05) is 35.2 Å². The normalized spacial score (nSPS) is 11.4. The molecule has 0 aliphatic rings. The summed E-state index contributed by atoms with van der Waals surface area (Å²) in [6, 6.07) is 9.96. The largest absolute Gasteiger partial charge is 0.449 e. The van der Waals surface area contributed by atoms with Crippen LogP contribution in [0.5, 0.6) is 0 Å². The first-order chi connectivity index (χ1) is 11.5. The number of nitrogens with zero attached hydrogens (tertiary/aromatic N) is 1. The van der Waals surface area contributed by atoms with Crippen molar-refractivity contribution in [1.29, 1.82) is 0 Å². The molecule has 0 bridgehead atoms. The van der Waals surface area contributed by atoms with Crippen molar-refractivity contribution >= 4 is 17.9 Å². The molecule has 2 rings (SSSR count). The van der Waals surface area contributed by atoms with Crippen molar-refractivity contribution < 1.29 is 19.1 Å². The first-order valence-corrected chi connectivity index (χ1v) is 7.54. The van der Waals surface area contributed by atoms with Crippen LogP contribution in [0.15, 0.2) is 48.8 Å². The van der Waals surface area contributed by atoms with E-state index in [2.05, 4.69) is 10.6 Å². The number of aromatic nitrogens is 1. The van der Waals surface area contributed by atoms with E-state index in [1.54, 1.807) is 25.1 Å². The topological polar surface area (TPSA) is 89.4 Å². The smallest absolute Gasteiger partial charge is 0.338 e. The summed E-state index contributed by atoms with van der Waals surface area (Å²) in [4.78, 5) is 35.3. The number of rotatable bonds is 5. The summed E-state index contributed by atoms with van der Waals surface area (Å²) >= 11 is 0. The summed E-state index contributed by atoms with van der Waals surface area (Å²) < 4.78 is 6.96. The summed E-state index contributed by atoms with van der Waals surface area (Å²) in [6.07, 6.45) is 2.62. The molecule has 1 unspecified atom stereocenters. The Labute approximate surface area is 139 Å². The lowest BCUT2D eigenvalue weighted by Gasteiger charge is -2.13. The molecule has 0 aliphatic heterocycles. The Balaban J connectivity index is 2.00. The van der Waals surface area contributed by atoms with E-state index in [-0.39, 0.29) is 0 Å². The number of benzene rings is 1. The molecule has 126 valence electrons. The first-order valence-electron chi connectivity index (χ1n) is 7.54. The molecular formula is C17H19N3O4. The molecule has 2 N–H and O–H groups in total. The molecule has 1 aromatic heterocycles. The predicted molar refractivity (Wildman–Crippen MR) is 87.9 cm³/mol. The Hall–Kier alpha value is -3.09. The fourth-order valence-corrected chi connectivity index (χ4v) is 2.00. The third-order valence-corrected chi connectivity index (χ3v) is 3.21. The Morgan fingerprint density at radius 2 is 1.88 bits per heavy atom. The van der Waals surface area contributed by atoms with Gasteiger partial charge in [-0.15, -0.1) is 0 Å². The molecule has 24 heavy (non-hydrogen) atoms. The van der Waals surface area contributed by atoms with Crippen molar-refractivity contribution in [2.45, 2.75) is 20.0 Å². The third-order valence-electron chi connectivity index (χ3n) is 3.21. The number of carbonyl (C=O) groups is 3. The molecule has 0 spiro atoms. The fraction of sp³-hybridized carbons (Fsp3) is 0.235. The summed E-state index contributed by atoms with van der Waals surface area (Å²) in [7, 11) is 0. The lowest BCUT2D eigenvalue weighted by molar-refractivity contribution is -0.127. The zero-order valence-corrected chi connectivity index (χ0v) is 13.5. The zero-order chi connectivity index (χ0) is 17.5. The van der Waals surface area contributed by atoms with Gasteiger partial charge in [0.25, 0.3) is 5.91 Å². The van der Waals surface area contributed by atoms with Crippen molar-refractivity contribution in [1.82, 2.24) is 15.2 Å². The molecule has 1 aromatic carbocycles. The lowest BCUT2D eigenvalue weighted by Crippen LogP contribution is -2.44. The van der Waals surface area contributed by atoms with Crippen LogP contribution in [0.1, 0.15) is 24.2 Å². The van der Waals surface area contributed by atoms with Gasteiger partial charge in [0, 0.05) is 24.6 Å². The summed E-state index contributed by atoms with van der Waals surface area (Å²) in [5, 5.41) is 4.53. The highest BCUT2D eigenvalue weighted by molar-refractivity contribution is 5.98.